The van der Waals surface area contributed by atoms with E-state index in [1.54, 1.807) is 6.20 Å². The van der Waals surface area contributed by atoms with Gasteiger partial charge in [-0.3, -0.25) is 4.98 Å². The third kappa shape index (κ3) is 2.82. The molecular weight excluding hydrogens is 268 g/mol. The van der Waals surface area contributed by atoms with Crippen molar-refractivity contribution in [3.8, 4) is 11.5 Å². The predicted octanol–water partition coefficient (Wildman–Crippen LogP) is 1.79. The molecule has 21 heavy (non-hydrogen) atoms. The van der Waals surface area contributed by atoms with Crippen LogP contribution >= 0.6 is 0 Å². The first kappa shape index (κ1) is 14.2. The summed E-state index contributed by atoms with van der Waals surface area (Å²) in [6.45, 7) is 6.36. The maximum atomic E-state index is 5.53. The average molecular weight is 288 g/mol. The van der Waals surface area contributed by atoms with E-state index in [9.17, 15) is 0 Å². The number of rotatable bonds is 5. The van der Waals surface area contributed by atoms with E-state index in [1.807, 2.05) is 12.1 Å². The Hall–Kier alpha value is -1.79. The van der Waals surface area contributed by atoms with Gasteiger partial charge in [0, 0.05) is 12.2 Å². The maximum absolute atomic E-state index is 5.53. The van der Waals surface area contributed by atoms with Gasteiger partial charge in [0.05, 0.1) is 19.1 Å². The van der Waals surface area contributed by atoms with Crippen molar-refractivity contribution in [1.82, 2.24) is 20.4 Å². The van der Waals surface area contributed by atoms with Crippen LogP contribution in [-0.2, 0) is 11.2 Å². The lowest BCUT2D eigenvalue weighted by atomic mass is 10.0. The summed E-state index contributed by atoms with van der Waals surface area (Å²) in [6, 6.07) is 4.20. The first-order valence-electron chi connectivity index (χ1n) is 7.42. The molecule has 2 unspecified atom stereocenters. The highest BCUT2D eigenvalue weighted by molar-refractivity contribution is 5.53. The lowest BCUT2D eigenvalue weighted by Gasteiger charge is -2.13. The Morgan fingerprint density at radius 1 is 1.33 bits per heavy atom. The number of ether oxygens (including phenoxy) is 1. The van der Waals surface area contributed by atoms with Gasteiger partial charge in [0.15, 0.2) is 0 Å². The lowest BCUT2D eigenvalue weighted by molar-refractivity contribution is 0.185. The summed E-state index contributed by atoms with van der Waals surface area (Å²) in [6.07, 6.45) is 2.64. The Bertz CT molecular complexity index is 599. The number of nitrogens with zero attached hydrogens (tertiary/aromatic N) is 3. The second-order valence-electron chi connectivity index (χ2n) is 5.13. The van der Waals surface area contributed by atoms with E-state index in [4.69, 9.17) is 9.26 Å². The van der Waals surface area contributed by atoms with E-state index in [1.165, 1.54) is 0 Å². The summed E-state index contributed by atoms with van der Waals surface area (Å²) < 4.78 is 11.0. The molecule has 2 aromatic rings. The molecule has 1 N–H and O–H groups in total. The van der Waals surface area contributed by atoms with Gasteiger partial charge in [-0.1, -0.05) is 25.1 Å². The van der Waals surface area contributed by atoms with Crippen molar-refractivity contribution in [3.05, 3.63) is 29.8 Å². The Morgan fingerprint density at radius 2 is 2.24 bits per heavy atom. The zero-order valence-corrected chi connectivity index (χ0v) is 12.4. The van der Waals surface area contributed by atoms with Crippen LogP contribution in [0.1, 0.15) is 31.2 Å². The van der Waals surface area contributed by atoms with E-state index in [0.29, 0.717) is 24.9 Å². The fourth-order valence-electron chi connectivity index (χ4n) is 2.67. The Morgan fingerprint density at radius 3 is 3.05 bits per heavy atom. The number of nitrogens with one attached hydrogen (secondary N) is 1. The summed E-state index contributed by atoms with van der Waals surface area (Å²) in [5.41, 5.74) is 1.92. The molecule has 6 heteroatoms. The van der Waals surface area contributed by atoms with Gasteiger partial charge in [-0.2, -0.15) is 4.98 Å². The SMILES string of the molecule is CCNC1COCC1c1nc(-c2ncccc2CC)no1. The summed E-state index contributed by atoms with van der Waals surface area (Å²) in [7, 11) is 0. The summed E-state index contributed by atoms with van der Waals surface area (Å²) in [4.78, 5) is 8.93. The van der Waals surface area contributed by atoms with Crippen LogP contribution in [0.5, 0.6) is 0 Å². The van der Waals surface area contributed by atoms with Crippen molar-refractivity contribution in [1.29, 1.82) is 0 Å². The quantitative estimate of drug-likeness (QED) is 0.904. The molecule has 1 aliphatic heterocycles. The monoisotopic (exact) mass is 288 g/mol. The van der Waals surface area contributed by atoms with E-state index < -0.39 is 0 Å². The third-order valence-corrected chi connectivity index (χ3v) is 3.79. The zero-order chi connectivity index (χ0) is 14.7. The molecule has 0 amide bonds. The van der Waals surface area contributed by atoms with Gasteiger partial charge in [-0.25, -0.2) is 0 Å². The van der Waals surface area contributed by atoms with Crippen molar-refractivity contribution in [2.75, 3.05) is 19.8 Å². The van der Waals surface area contributed by atoms with Crippen molar-refractivity contribution in [2.45, 2.75) is 32.2 Å². The second kappa shape index (κ2) is 6.32. The van der Waals surface area contributed by atoms with Crippen LogP contribution < -0.4 is 5.32 Å². The molecular formula is C15H20N4O2. The van der Waals surface area contributed by atoms with Crippen LogP contribution in [0.15, 0.2) is 22.9 Å². The van der Waals surface area contributed by atoms with Gasteiger partial charge in [0.2, 0.25) is 11.7 Å². The molecule has 1 saturated heterocycles. The van der Waals surface area contributed by atoms with E-state index >= 15 is 0 Å². The molecule has 0 aliphatic carbocycles. The van der Waals surface area contributed by atoms with Crippen LogP contribution in [0.25, 0.3) is 11.5 Å². The lowest BCUT2D eigenvalue weighted by Crippen LogP contribution is -2.34. The Labute approximate surface area is 123 Å². The van der Waals surface area contributed by atoms with E-state index in [0.717, 1.165) is 24.2 Å². The van der Waals surface area contributed by atoms with Gasteiger partial charge in [-0.15, -0.1) is 0 Å². The third-order valence-electron chi connectivity index (χ3n) is 3.79. The van der Waals surface area contributed by atoms with Crippen molar-refractivity contribution in [2.24, 2.45) is 0 Å². The van der Waals surface area contributed by atoms with Crippen LogP contribution in [0, 0.1) is 0 Å². The predicted molar refractivity (Wildman–Crippen MR) is 77.9 cm³/mol. The number of aromatic nitrogens is 3. The number of aryl methyl sites for hydroxylation is 1. The van der Waals surface area contributed by atoms with Crippen molar-refractivity contribution < 1.29 is 9.26 Å². The molecule has 0 spiro atoms. The molecule has 2 atom stereocenters. The Balaban J connectivity index is 1.86. The maximum Gasteiger partial charge on any atom is 0.234 e. The molecule has 1 aliphatic rings. The standard InChI is InChI=1S/C15H20N4O2/c1-3-10-6-5-7-17-13(10)14-18-15(21-19-14)11-8-20-9-12(11)16-4-2/h5-7,11-12,16H,3-4,8-9H2,1-2H3. The van der Waals surface area contributed by atoms with Crippen LogP contribution in [-0.4, -0.2) is 40.9 Å². The fourth-order valence-corrected chi connectivity index (χ4v) is 2.67. The van der Waals surface area contributed by atoms with Gasteiger partial charge in [-0.05, 0) is 24.6 Å². The molecule has 1 fully saturated rings. The molecule has 0 bridgehead atoms. The minimum atomic E-state index is 0.111. The van der Waals surface area contributed by atoms with Gasteiger partial charge < -0.3 is 14.6 Å². The molecule has 0 radical (unpaired) electrons. The smallest absolute Gasteiger partial charge is 0.234 e. The van der Waals surface area contributed by atoms with Gasteiger partial charge in [0.25, 0.3) is 0 Å². The van der Waals surface area contributed by atoms with Crippen LogP contribution in [0.3, 0.4) is 0 Å². The highest BCUT2D eigenvalue weighted by Crippen LogP contribution is 2.27. The molecule has 6 nitrogen and oxygen atoms in total. The first-order chi connectivity index (χ1) is 10.3. The number of hydrogen-bond donors (Lipinski definition) is 1. The van der Waals surface area contributed by atoms with Gasteiger partial charge in [0.1, 0.15) is 5.69 Å². The largest absolute Gasteiger partial charge is 0.379 e. The van der Waals surface area contributed by atoms with Crippen LogP contribution in [0.4, 0.5) is 0 Å². The van der Waals surface area contributed by atoms with Crippen molar-refractivity contribution in [3.63, 3.8) is 0 Å². The first-order valence-corrected chi connectivity index (χ1v) is 7.42. The molecule has 2 aromatic heterocycles. The van der Waals surface area contributed by atoms with Crippen molar-refractivity contribution >= 4 is 0 Å². The molecule has 3 rings (SSSR count). The molecule has 3 heterocycles. The zero-order valence-electron chi connectivity index (χ0n) is 12.4. The number of pyridine rings is 1. The second-order valence-corrected chi connectivity index (χ2v) is 5.13. The summed E-state index contributed by atoms with van der Waals surface area (Å²) in [5, 5.41) is 7.50. The molecule has 112 valence electrons. The number of likely N-dealkylation sites (N-methyl/N-ethyl adjacent to an activating group) is 1. The minimum Gasteiger partial charge on any atom is -0.379 e. The summed E-state index contributed by atoms with van der Waals surface area (Å²) in [5.74, 6) is 1.30. The van der Waals surface area contributed by atoms with Crippen LogP contribution in [0.2, 0.25) is 0 Å². The molecule has 0 saturated carbocycles. The average Bonchev–Trinajstić information content (AvgIpc) is 3.16. The topological polar surface area (TPSA) is 73.1 Å². The minimum absolute atomic E-state index is 0.111. The highest BCUT2D eigenvalue weighted by Gasteiger charge is 2.33. The van der Waals surface area contributed by atoms with Gasteiger partial charge >= 0.3 is 0 Å². The normalized spacial score (nSPS) is 21.8. The summed E-state index contributed by atoms with van der Waals surface area (Å²) >= 11 is 0. The highest BCUT2D eigenvalue weighted by atomic mass is 16.5. The molecule has 0 aromatic carbocycles. The fraction of sp³-hybridized carbons (Fsp3) is 0.533. The Kier molecular flexibility index (Phi) is 4.26. The van der Waals surface area contributed by atoms with E-state index in [2.05, 4.69) is 34.3 Å². The van der Waals surface area contributed by atoms with E-state index in [-0.39, 0.29) is 12.0 Å². The number of hydrogen-bond acceptors (Lipinski definition) is 6.